The van der Waals surface area contributed by atoms with Crippen LogP contribution in [0.3, 0.4) is 0 Å². The van der Waals surface area contributed by atoms with Gasteiger partial charge in [0.25, 0.3) is 0 Å². The molecule has 0 saturated carbocycles. The standard InChI is InChI=1S/C13H15NO3/c1-10(12-4-3-6-14-9-12)5-7-17-13(16)8-11(2)15/h3-6,9H,7-8H2,1-2H3/b10-5+. The summed E-state index contributed by atoms with van der Waals surface area (Å²) in [4.78, 5) is 25.7. The summed E-state index contributed by atoms with van der Waals surface area (Å²) < 4.78 is 4.89. The van der Waals surface area contributed by atoms with E-state index in [-0.39, 0.29) is 18.8 Å². The molecule has 0 aliphatic carbocycles. The van der Waals surface area contributed by atoms with Gasteiger partial charge in [0.05, 0.1) is 0 Å². The van der Waals surface area contributed by atoms with Crippen molar-refractivity contribution in [3.8, 4) is 0 Å². The van der Waals surface area contributed by atoms with Gasteiger partial charge in [-0.1, -0.05) is 6.07 Å². The van der Waals surface area contributed by atoms with Gasteiger partial charge >= 0.3 is 5.97 Å². The van der Waals surface area contributed by atoms with Gasteiger partial charge in [-0.3, -0.25) is 14.6 Å². The molecule has 1 aromatic heterocycles. The Balaban J connectivity index is 2.44. The van der Waals surface area contributed by atoms with Gasteiger partial charge in [0.1, 0.15) is 18.8 Å². The zero-order valence-electron chi connectivity index (χ0n) is 9.97. The van der Waals surface area contributed by atoms with Crippen LogP contribution in [-0.2, 0) is 14.3 Å². The van der Waals surface area contributed by atoms with Crippen LogP contribution in [0.25, 0.3) is 5.57 Å². The van der Waals surface area contributed by atoms with Crippen LogP contribution in [0, 0.1) is 0 Å². The van der Waals surface area contributed by atoms with Gasteiger partial charge in [-0.05, 0) is 37.1 Å². The molecule has 4 nitrogen and oxygen atoms in total. The molecule has 0 unspecified atom stereocenters. The first-order valence-electron chi connectivity index (χ1n) is 5.32. The van der Waals surface area contributed by atoms with E-state index in [1.807, 2.05) is 19.1 Å². The fourth-order valence-electron chi connectivity index (χ4n) is 1.23. The quantitative estimate of drug-likeness (QED) is 0.576. The average molecular weight is 233 g/mol. The Bertz CT molecular complexity index is 424. The predicted octanol–water partition coefficient (Wildman–Crippen LogP) is 2.01. The lowest BCUT2D eigenvalue weighted by atomic mass is 10.1. The number of rotatable bonds is 5. The molecule has 4 heteroatoms. The summed E-state index contributed by atoms with van der Waals surface area (Å²) in [6.45, 7) is 3.45. The largest absolute Gasteiger partial charge is 0.461 e. The van der Waals surface area contributed by atoms with E-state index in [1.54, 1.807) is 18.5 Å². The first-order valence-corrected chi connectivity index (χ1v) is 5.32. The lowest BCUT2D eigenvalue weighted by Gasteiger charge is -2.02. The number of aromatic nitrogens is 1. The number of ether oxygens (including phenoxy) is 1. The molecule has 0 radical (unpaired) electrons. The first-order chi connectivity index (χ1) is 8.09. The second-order valence-electron chi connectivity index (χ2n) is 3.69. The van der Waals surface area contributed by atoms with Crippen molar-refractivity contribution in [3.63, 3.8) is 0 Å². The van der Waals surface area contributed by atoms with Gasteiger partial charge < -0.3 is 4.74 Å². The Labute approximate surface area is 100 Å². The second-order valence-corrected chi connectivity index (χ2v) is 3.69. The van der Waals surface area contributed by atoms with E-state index in [0.717, 1.165) is 11.1 Å². The van der Waals surface area contributed by atoms with Crippen molar-refractivity contribution in [2.24, 2.45) is 0 Å². The third-order valence-electron chi connectivity index (χ3n) is 2.14. The molecule has 0 fully saturated rings. The molecule has 1 aromatic rings. The summed E-state index contributed by atoms with van der Waals surface area (Å²) in [6, 6.07) is 3.77. The lowest BCUT2D eigenvalue weighted by molar-refractivity contribution is -0.144. The summed E-state index contributed by atoms with van der Waals surface area (Å²) >= 11 is 0. The Morgan fingerprint density at radius 2 is 2.18 bits per heavy atom. The van der Waals surface area contributed by atoms with Crippen molar-refractivity contribution in [3.05, 3.63) is 36.2 Å². The van der Waals surface area contributed by atoms with Crippen LogP contribution in [0.2, 0.25) is 0 Å². The van der Waals surface area contributed by atoms with Crippen molar-refractivity contribution in [2.75, 3.05) is 6.61 Å². The molecule has 0 amide bonds. The van der Waals surface area contributed by atoms with Crippen LogP contribution in [-0.4, -0.2) is 23.3 Å². The maximum absolute atomic E-state index is 11.1. The highest BCUT2D eigenvalue weighted by molar-refractivity contribution is 5.94. The molecule has 0 saturated heterocycles. The fourth-order valence-corrected chi connectivity index (χ4v) is 1.23. The molecule has 0 aliphatic heterocycles. The summed E-state index contributed by atoms with van der Waals surface area (Å²) in [5.74, 6) is -0.685. The third kappa shape index (κ3) is 5.06. The minimum absolute atomic E-state index is 0.167. The van der Waals surface area contributed by atoms with Gasteiger partial charge in [-0.15, -0.1) is 0 Å². The summed E-state index contributed by atoms with van der Waals surface area (Å²) in [7, 11) is 0. The molecule has 0 N–H and O–H groups in total. The van der Waals surface area contributed by atoms with Crippen LogP contribution >= 0.6 is 0 Å². The van der Waals surface area contributed by atoms with Crippen LogP contribution in [0.1, 0.15) is 25.8 Å². The van der Waals surface area contributed by atoms with E-state index >= 15 is 0 Å². The molecular formula is C13H15NO3. The maximum Gasteiger partial charge on any atom is 0.313 e. The van der Waals surface area contributed by atoms with E-state index in [9.17, 15) is 9.59 Å². The third-order valence-corrected chi connectivity index (χ3v) is 2.14. The van der Waals surface area contributed by atoms with Crippen molar-refractivity contribution in [2.45, 2.75) is 20.3 Å². The van der Waals surface area contributed by atoms with Crippen LogP contribution in [0.15, 0.2) is 30.6 Å². The lowest BCUT2D eigenvalue weighted by Crippen LogP contribution is -2.08. The van der Waals surface area contributed by atoms with E-state index in [2.05, 4.69) is 4.98 Å². The van der Waals surface area contributed by atoms with E-state index < -0.39 is 5.97 Å². The zero-order chi connectivity index (χ0) is 12.7. The molecule has 17 heavy (non-hydrogen) atoms. The Morgan fingerprint density at radius 1 is 1.41 bits per heavy atom. The highest BCUT2D eigenvalue weighted by Crippen LogP contribution is 2.10. The minimum Gasteiger partial charge on any atom is -0.461 e. The van der Waals surface area contributed by atoms with Gasteiger partial charge in [-0.25, -0.2) is 0 Å². The maximum atomic E-state index is 11.1. The molecule has 1 heterocycles. The number of carbonyl (C=O) groups is 2. The Morgan fingerprint density at radius 3 is 2.76 bits per heavy atom. The second kappa shape index (κ2) is 6.58. The van der Waals surface area contributed by atoms with E-state index in [4.69, 9.17) is 4.74 Å². The topological polar surface area (TPSA) is 56.3 Å². The van der Waals surface area contributed by atoms with Crippen LogP contribution in [0.5, 0.6) is 0 Å². The van der Waals surface area contributed by atoms with Crippen LogP contribution < -0.4 is 0 Å². The van der Waals surface area contributed by atoms with Crippen molar-refractivity contribution in [1.29, 1.82) is 0 Å². The van der Waals surface area contributed by atoms with E-state index in [1.165, 1.54) is 6.92 Å². The molecule has 0 spiro atoms. The number of allylic oxidation sites excluding steroid dienone is 1. The highest BCUT2D eigenvalue weighted by atomic mass is 16.5. The average Bonchev–Trinajstić information content (AvgIpc) is 2.29. The number of nitrogens with zero attached hydrogens (tertiary/aromatic N) is 1. The van der Waals surface area contributed by atoms with Gasteiger partial charge in [0.2, 0.25) is 0 Å². The summed E-state index contributed by atoms with van der Waals surface area (Å²) in [6.07, 6.45) is 5.06. The number of ketones is 1. The van der Waals surface area contributed by atoms with Gasteiger partial charge in [0, 0.05) is 12.4 Å². The number of esters is 1. The SMILES string of the molecule is CC(=O)CC(=O)OC/C=C(\C)c1cccnc1. The normalized spacial score (nSPS) is 11.1. The molecule has 0 aromatic carbocycles. The summed E-state index contributed by atoms with van der Waals surface area (Å²) in [5, 5.41) is 0. The molecule has 1 rings (SSSR count). The Kier molecular flexibility index (Phi) is 5.07. The smallest absolute Gasteiger partial charge is 0.313 e. The molecule has 90 valence electrons. The minimum atomic E-state index is -0.493. The number of Topliss-reactive ketones (excluding diaryl/α,β-unsaturated/α-hetero) is 1. The highest BCUT2D eigenvalue weighted by Gasteiger charge is 2.05. The number of carbonyl (C=O) groups excluding carboxylic acids is 2. The predicted molar refractivity (Wildman–Crippen MR) is 64.1 cm³/mol. The fraction of sp³-hybridized carbons (Fsp3) is 0.308. The number of hydrogen-bond acceptors (Lipinski definition) is 4. The van der Waals surface area contributed by atoms with Crippen molar-refractivity contribution < 1.29 is 14.3 Å². The molecule has 0 bridgehead atoms. The Hall–Kier alpha value is -1.97. The summed E-state index contributed by atoms with van der Waals surface area (Å²) in [5.41, 5.74) is 1.96. The molecule has 0 aliphatic rings. The van der Waals surface area contributed by atoms with Gasteiger partial charge in [0.15, 0.2) is 0 Å². The monoisotopic (exact) mass is 233 g/mol. The van der Waals surface area contributed by atoms with Crippen LogP contribution in [0.4, 0.5) is 0 Å². The van der Waals surface area contributed by atoms with Crippen molar-refractivity contribution in [1.82, 2.24) is 4.98 Å². The van der Waals surface area contributed by atoms with Gasteiger partial charge in [-0.2, -0.15) is 0 Å². The zero-order valence-corrected chi connectivity index (χ0v) is 9.97. The van der Waals surface area contributed by atoms with Crippen molar-refractivity contribution >= 4 is 17.3 Å². The first kappa shape index (κ1) is 13.1. The molecule has 0 atom stereocenters. The van der Waals surface area contributed by atoms with E-state index in [0.29, 0.717) is 0 Å². The number of hydrogen-bond donors (Lipinski definition) is 0. The molecular weight excluding hydrogens is 218 g/mol. The number of pyridine rings is 1.